The highest BCUT2D eigenvalue weighted by molar-refractivity contribution is 5.58. The molecule has 4 aromatic rings. The zero-order valence-electron chi connectivity index (χ0n) is 18.8. The van der Waals surface area contributed by atoms with Crippen molar-refractivity contribution in [1.29, 1.82) is 0 Å². The van der Waals surface area contributed by atoms with Gasteiger partial charge >= 0.3 is 0 Å². The first-order valence-electron chi connectivity index (χ1n) is 11.0. The Morgan fingerprint density at radius 1 is 1.03 bits per heavy atom. The second-order valence-electron chi connectivity index (χ2n) is 8.62. The molecule has 0 fully saturated rings. The van der Waals surface area contributed by atoms with E-state index in [0.29, 0.717) is 0 Å². The molecule has 0 amide bonds. The van der Waals surface area contributed by atoms with Gasteiger partial charge in [0.2, 0.25) is 0 Å². The summed E-state index contributed by atoms with van der Waals surface area (Å²) in [5.74, 6) is 1.79. The standard InChI is InChI=1S/C26H28N6/c1-17-5-4-11-28-26(17)32-18(2)13-21(19(32)3)15-31-12-10-24-22(16-31)14-29-25(30-24)20-6-8-23(27)9-7-20/h4-9,11,13-14H,10,12,15-16,27H2,1-3H3. The van der Waals surface area contributed by atoms with E-state index in [2.05, 4.69) is 52.3 Å². The summed E-state index contributed by atoms with van der Waals surface area (Å²) in [7, 11) is 0. The van der Waals surface area contributed by atoms with Crippen LogP contribution in [0.4, 0.5) is 5.69 Å². The van der Waals surface area contributed by atoms with Crippen molar-refractivity contribution in [3.63, 3.8) is 0 Å². The summed E-state index contributed by atoms with van der Waals surface area (Å²) < 4.78 is 2.27. The Kier molecular flexibility index (Phi) is 5.23. The molecule has 0 unspecified atom stereocenters. The lowest BCUT2D eigenvalue weighted by atomic mass is 10.1. The van der Waals surface area contributed by atoms with Crippen molar-refractivity contribution in [2.75, 3.05) is 12.3 Å². The molecule has 162 valence electrons. The van der Waals surface area contributed by atoms with Gasteiger partial charge in [0.05, 0.1) is 5.69 Å². The third-order valence-corrected chi connectivity index (χ3v) is 6.31. The average molecular weight is 425 g/mol. The molecule has 0 aliphatic carbocycles. The van der Waals surface area contributed by atoms with Crippen LogP contribution in [-0.2, 0) is 19.5 Å². The van der Waals surface area contributed by atoms with Gasteiger partial charge in [-0.05, 0) is 68.3 Å². The van der Waals surface area contributed by atoms with E-state index < -0.39 is 0 Å². The number of hydrogen-bond donors (Lipinski definition) is 1. The molecule has 2 N–H and O–H groups in total. The molecule has 0 atom stereocenters. The minimum atomic E-state index is 0.750. The number of nitrogens with two attached hydrogens (primary N) is 1. The minimum absolute atomic E-state index is 0.750. The summed E-state index contributed by atoms with van der Waals surface area (Å²) >= 11 is 0. The predicted molar refractivity (Wildman–Crippen MR) is 127 cm³/mol. The highest BCUT2D eigenvalue weighted by Crippen LogP contribution is 2.26. The van der Waals surface area contributed by atoms with Crippen LogP contribution in [0.5, 0.6) is 0 Å². The smallest absolute Gasteiger partial charge is 0.159 e. The summed E-state index contributed by atoms with van der Waals surface area (Å²) in [4.78, 5) is 16.6. The molecule has 5 rings (SSSR count). The lowest BCUT2D eigenvalue weighted by Gasteiger charge is -2.28. The summed E-state index contributed by atoms with van der Waals surface area (Å²) in [5.41, 5.74) is 14.9. The number of rotatable bonds is 4. The van der Waals surface area contributed by atoms with Crippen LogP contribution in [0.15, 0.2) is 54.9 Å². The molecule has 32 heavy (non-hydrogen) atoms. The van der Waals surface area contributed by atoms with Crippen molar-refractivity contribution in [3.8, 4) is 17.2 Å². The number of aromatic nitrogens is 4. The number of nitrogen functional groups attached to an aromatic ring is 1. The van der Waals surface area contributed by atoms with Gasteiger partial charge in [-0.3, -0.25) is 4.90 Å². The Hall–Kier alpha value is -3.51. The third kappa shape index (κ3) is 3.78. The molecule has 0 bridgehead atoms. The number of fused-ring (bicyclic) bond motifs is 1. The Bertz CT molecular complexity index is 1270. The van der Waals surface area contributed by atoms with E-state index in [1.807, 2.05) is 42.7 Å². The first kappa shape index (κ1) is 20.4. The van der Waals surface area contributed by atoms with Crippen molar-refractivity contribution >= 4 is 5.69 Å². The zero-order chi connectivity index (χ0) is 22.2. The van der Waals surface area contributed by atoms with Crippen LogP contribution in [0.1, 0.15) is 33.8 Å². The fourth-order valence-electron chi connectivity index (χ4n) is 4.55. The first-order chi connectivity index (χ1) is 15.5. The fourth-order valence-corrected chi connectivity index (χ4v) is 4.55. The monoisotopic (exact) mass is 424 g/mol. The molecule has 6 heteroatoms. The molecule has 3 aromatic heterocycles. The second-order valence-corrected chi connectivity index (χ2v) is 8.62. The highest BCUT2D eigenvalue weighted by atomic mass is 15.1. The van der Waals surface area contributed by atoms with Crippen LogP contribution in [-0.4, -0.2) is 31.0 Å². The van der Waals surface area contributed by atoms with E-state index in [1.165, 1.54) is 28.1 Å². The van der Waals surface area contributed by atoms with E-state index >= 15 is 0 Å². The molecule has 4 heterocycles. The van der Waals surface area contributed by atoms with Gasteiger partial charge in [0.15, 0.2) is 5.82 Å². The van der Waals surface area contributed by atoms with Crippen molar-refractivity contribution < 1.29 is 0 Å². The molecular formula is C26H28N6. The van der Waals surface area contributed by atoms with Gasteiger partial charge in [-0.15, -0.1) is 0 Å². The normalized spacial score (nSPS) is 13.8. The van der Waals surface area contributed by atoms with Crippen LogP contribution in [0, 0.1) is 20.8 Å². The third-order valence-electron chi connectivity index (χ3n) is 6.31. The van der Waals surface area contributed by atoms with Gasteiger partial charge in [0.25, 0.3) is 0 Å². The maximum Gasteiger partial charge on any atom is 0.159 e. The van der Waals surface area contributed by atoms with Gasteiger partial charge in [0, 0.05) is 66.7 Å². The lowest BCUT2D eigenvalue weighted by molar-refractivity contribution is 0.242. The molecule has 6 nitrogen and oxygen atoms in total. The van der Waals surface area contributed by atoms with Crippen molar-refractivity contribution in [2.45, 2.75) is 40.3 Å². The van der Waals surface area contributed by atoms with Gasteiger partial charge < -0.3 is 10.3 Å². The molecular weight excluding hydrogens is 396 g/mol. The summed E-state index contributed by atoms with van der Waals surface area (Å²) in [6, 6.07) is 14.1. The topological polar surface area (TPSA) is 72.9 Å². The van der Waals surface area contributed by atoms with E-state index in [-0.39, 0.29) is 0 Å². The number of pyridine rings is 1. The fraction of sp³-hybridized carbons (Fsp3) is 0.269. The highest BCUT2D eigenvalue weighted by Gasteiger charge is 2.21. The SMILES string of the molecule is Cc1cccnc1-n1c(C)cc(CN2CCc3nc(-c4ccc(N)cc4)ncc3C2)c1C. The van der Waals surface area contributed by atoms with Gasteiger partial charge in [-0.1, -0.05) is 6.07 Å². The predicted octanol–water partition coefficient (Wildman–Crippen LogP) is 4.40. The zero-order valence-corrected chi connectivity index (χ0v) is 18.8. The van der Waals surface area contributed by atoms with Crippen LogP contribution in [0.3, 0.4) is 0 Å². The van der Waals surface area contributed by atoms with Crippen LogP contribution >= 0.6 is 0 Å². The van der Waals surface area contributed by atoms with Gasteiger partial charge in [-0.25, -0.2) is 15.0 Å². The Morgan fingerprint density at radius 2 is 1.84 bits per heavy atom. The molecule has 0 spiro atoms. The summed E-state index contributed by atoms with van der Waals surface area (Å²) in [6.07, 6.45) is 4.78. The molecule has 0 saturated heterocycles. The average Bonchev–Trinajstić information content (AvgIpc) is 3.07. The van der Waals surface area contributed by atoms with Gasteiger partial charge in [0.1, 0.15) is 5.82 Å². The second kappa shape index (κ2) is 8.20. The van der Waals surface area contributed by atoms with E-state index in [4.69, 9.17) is 10.7 Å². The maximum absolute atomic E-state index is 5.80. The number of anilines is 1. The molecule has 1 aliphatic rings. The number of nitrogens with zero attached hydrogens (tertiary/aromatic N) is 5. The van der Waals surface area contributed by atoms with E-state index in [1.54, 1.807) is 0 Å². The number of hydrogen-bond acceptors (Lipinski definition) is 5. The first-order valence-corrected chi connectivity index (χ1v) is 11.0. The maximum atomic E-state index is 5.80. The van der Waals surface area contributed by atoms with Crippen LogP contribution in [0.2, 0.25) is 0 Å². The minimum Gasteiger partial charge on any atom is -0.399 e. The molecule has 1 aromatic carbocycles. The van der Waals surface area contributed by atoms with E-state index in [9.17, 15) is 0 Å². The van der Waals surface area contributed by atoms with Crippen molar-refractivity contribution in [2.24, 2.45) is 0 Å². The molecule has 0 saturated carbocycles. The molecule has 0 radical (unpaired) electrons. The van der Waals surface area contributed by atoms with E-state index in [0.717, 1.165) is 54.6 Å². The number of benzene rings is 1. The Morgan fingerprint density at radius 3 is 2.62 bits per heavy atom. The summed E-state index contributed by atoms with van der Waals surface area (Å²) in [6.45, 7) is 9.21. The Labute approximate surface area is 188 Å². The van der Waals surface area contributed by atoms with Crippen LogP contribution < -0.4 is 5.73 Å². The lowest BCUT2D eigenvalue weighted by Crippen LogP contribution is -2.31. The quantitative estimate of drug-likeness (QED) is 0.492. The van der Waals surface area contributed by atoms with Crippen molar-refractivity contribution in [3.05, 3.63) is 88.6 Å². The van der Waals surface area contributed by atoms with Crippen molar-refractivity contribution in [1.82, 2.24) is 24.4 Å². The number of aryl methyl sites for hydroxylation is 2. The van der Waals surface area contributed by atoms with Crippen LogP contribution in [0.25, 0.3) is 17.2 Å². The largest absolute Gasteiger partial charge is 0.399 e. The Balaban J connectivity index is 1.35. The molecule has 1 aliphatic heterocycles. The van der Waals surface area contributed by atoms with Gasteiger partial charge in [-0.2, -0.15) is 0 Å². The summed E-state index contributed by atoms with van der Waals surface area (Å²) in [5, 5.41) is 0.